The predicted molar refractivity (Wildman–Crippen MR) is 79.5 cm³/mol. The maximum absolute atomic E-state index is 12.7. The average molecular weight is 315 g/mol. The number of aryl methyl sites for hydroxylation is 1. The van der Waals surface area contributed by atoms with Gasteiger partial charge >= 0.3 is 0 Å². The lowest BCUT2D eigenvalue weighted by atomic mass is 9.97. The van der Waals surface area contributed by atoms with Crippen molar-refractivity contribution >= 4 is 5.91 Å². The molecule has 0 spiro atoms. The molecule has 0 unspecified atom stereocenters. The molecule has 4 rings (SSSR count). The van der Waals surface area contributed by atoms with Gasteiger partial charge in [0, 0.05) is 18.7 Å². The molecule has 1 aromatic carbocycles. The molecule has 0 N–H and O–H groups in total. The van der Waals surface area contributed by atoms with Crippen molar-refractivity contribution in [2.45, 2.75) is 25.7 Å². The summed E-state index contributed by atoms with van der Waals surface area (Å²) in [6, 6.07) is 5.29. The number of rotatable bonds is 2. The lowest BCUT2D eigenvalue weighted by Gasteiger charge is -2.31. The van der Waals surface area contributed by atoms with Crippen LogP contribution >= 0.6 is 0 Å². The predicted octanol–water partition coefficient (Wildman–Crippen LogP) is 2.13. The van der Waals surface area contributed by atoms with Crippen molar-refractivity contribution in [3.05, 3.63) is 35.5 Å². The second-order valence-electron chi connectivity index (χ2n) is 5.84. The minimum Gasteiger partial charge on any atom is -0.454 e. The maximum atomic E-state index is 12.7. The summed E-state index contributed by atoms with van der Waals surface area (Å²) in [6.07, 6.45) is 1.87. The van der Waals surface area contributed by atoms with Crippen LogP contribution < -0.4 is 9.47 Å². The van der Waals surface area contributed by atoms with Gasteiger partial charge in [-0.1, -0.05) is 5.16 Å². The van der Waals surface area contributed by atoms with Crippen LogP contribution in [0.4, 0.5) is 0 Å². The van der Waals surface area contributed by atoms with Crippen LogP contribution in [0.25, 0.3) is 0 Å². The number of hydrogen-bond donors (Lipinski definition) is 0. The summed E-state index contributed by atoms with van der Waals surface area (Å²) < 4.78 is 15.9. The number of amides is 1. The Kier molecular flexibility index (Phi) is 3.40. The highest BCUT2D eigenvalue weighted by Crippen LogP contribution is 2.33. The van der Waals surface area contributed by atoms with E-state index in [0.717, 1.165) is 19.4 Å². The highest BCUT2D eigenvalue weighted by Gasteiger charge is 2.29. The maximum Gasteiger partial charge on any atom is 0.254 e. The molecule has 23 heavy (non-hydrogen) atoms. The first-order valence-corrected chi connectivity index (χ1v) is 7.70. The minimum absolute atomic E-state index is 0.00997. The van der Waals surface area contributed by atoms with E-state index in [-0.39, 0.29) is 18.6 Å². The van der Waals surface area contributed by atoms with Crippen molar-refractivity contribution in [1.29, 1.82) is 0 Å². The van der Waals surface area contributed by atoms with Crippen molar-refractivity contribution in [2.75, 3.05) is 19.9 Å². The molecule has 1 aromatic heterocycles. The fourth-order valence-electron chi connectivity index (χ4n) is 3.05. The summed E-state index contributed by atoms with van der Waals surface area (Å²) in [5.41, 5.74) is 0.608. The van der Waals surface area contributed by atoms with Gasteiger partial charge in [-0.2, -0.15) is 4.98 Å². The molecular weight excluding hydrogens is 298 g/mol. The molecule has 2 aromatic rings. The van der Waals surface area contributed by atoms with Gasteiger partial charge in [-0.05, 0) is 38.0 Å². The van der Waals surface area contributed by atoms with Crippen molar-refractivity contribution in [2.24, 2.45) is 0 Å². The van der Waals surface area contributed by atoms with Crippen LogP contribution in [-0.2, 0) is 0 Å². The third-order valence-electron chi connectivity index (χ3n) is 4.22. The summed E-state index contributed by atoms with van der Waals surface area (Å²) >= 11 is 0. The van der Waals surface area contributed by atoms with Crippen molar-refractivity contribution in [3.8, 4) is 11.5 Å². The normalized spacial score (nSPS) is 19.9. The van der Waals surface area contributed by atoms with E-state index in [9.17, 15) is 4.79 Å². The number of carbonyl (C=O) groups is 1. The smallest absolute Gasteiger partial charge is 0.254 e. The van der Waals surface area contributed by atoms with E-state index < -0.39 is 0 Å². The van der Waals surface area contributed by atoms with Crippen LogP contribution in [-0.4, -0.2) is 40.8 Å². The summed E-state index contributed by atoms with van der Waals surface area (Å²) in [5, 5.41) is 3.84. The van der Waals surface area contributed by atoms with Gasteiger partial charge in [0.1, 0.15) is 0 Å². The van der Waals surface area contributed by atoms with Gasteiger partial charge in [0.15, 0.2) is 17.3 Å². The Hall–Kier alpha value is -2.57. The van der Waals surface area contributed by atoms with E-state index in [1.165, 1.54) is 0 Å². The molecule has 3 heterocycles. The zero-order chi connectivity index (χ0) is 15.8. The summed E-state index contributed by atoms with van der Waals surface area (Å²) in [5.74, 6) is 2.63. The molecule has 1 atom stereocenters. The summed E-state index contributed by atoms with van der Waals surface area (Å²) in [4.78, 5) is 18.9. The van der Waals surface area contributed by atoms with E-state index in [2.05, 4.69) is 10.1 Å². The quantitative estimate of drug-likeness (QED) is 0.845. The Morgan fingerprint density at radius 3 is 3.00 bits per heavy atom. The molecule has 7 heteroatoms. The summed E-state index contributed by atoms with van der Waals surface area (Å²) in [6.45, 7) is 3.33. The van der Waals surface area contributed by atoms with Crippen LogP contribution in [0.5, 0.6) is 11.5 Å². The zero-order valence-corrected chi connectivity index (χ0v) is 12.8. The first-order valence-electron chi connectivity index (χ1n) is 7.70. The number of carbonyl (C=O) groups excluding carboxylic acids is 1. The Balaban J connectivity index is 1.51. The standard InChI is InChI=1S/C16H17N3O4/c1-10-17-15(23-18-10)12-3-2-6-19(8-12)16(20)11-4-5-13-14(7-11)22-9-21-13/h4-5,7,12H,2-3,6,8-9H2,1H3/t12-/m1/s1. The number of benzene rings is 1. The number of piperidine rings is 1. The van der Waals surface area contributed by atoms with Gasteiger partial charge in [-0.3, -0.25) is 4.79 Å². The van der Waals surface area contributed by atoms with Gasteiger partial charge in [0.25, 0.3) is 5.91 Å². The number of likely N-dealkylation sites (tertiary alicyclic amines) is 1. The molecule has 1 amide bonds. The SMILES string of the molecule is Cc1noc([C@@H]2CCCN(C(=O)c3ccc4c(c3)OCO4)C2)n1. The van der Waals surface area contributed by atoms with Crippen molar-refractivity contribution in [3.63, 3.8) is 0 Å². The van der Waals surface area contributed by atoms with E-state index in [4.69, 9.17) is 14.0 Å². The van der Waals surface area contributed by atoms with Gasteiger partial charge in [-0.25, -0.2) is 0 Å². The van der Waals surface area contributed by atoms with E-state index in [1.54, 1.807) is 25.1 Å². The van der Waals surface area contributed by atoms with Crippen LogP contribution in [0, 0.1) is 6.92 Å². The molecule has 1 saturated heterocycles. The van der Waals surface area contributed by atoms with E-state index >= 15 is 0 Å². The molecule has 0 saturated carbocycles. The number of fused-ring (bicyclic) bond motifs is 1. The third kappa shape index (κ3) is 2.62. The topological polar surface area (TPSA) is 77.7 Å². The van der Waals surface area contributed by atoms with E-state index in [1.807, 2.05) is 4.90 Å². The third-order valence-corrected chi connectivity index (χ3v) is 4.22. The second kappa shape index (κ2) is 5.57. The Morgan fingerprint density at radius 2 is 2.17 bits per heavy atom. The van der Waals surface area contributed by atoms with Crippen LogP contribution in [0.3, 0.4) is 0 Å². The summed E-state index contributed by atoms with van der Waals surface area (Å²) in [7, 11) is 0. The highest BCUT2D eigenvalue weighted by molar-refractivity contribution is 5.95. The second-order valence-corrected chi connectivity index (χ2v) is 5.84. The van der Waals surface area contributed by atoms with Crippen LogP contribution in [0.15, 0.2) is 22.7 Å². The van der Waals surface area contributed by atoms with Crippen LogP contribution in [0.1, 0.15) is 40.8 Å². The molecule has 0 bridgehead atoms. The first kappa shape index (κ1) is 14.0. The molecule has 7 nitrogen and oxygen atoms in total. The van der Waals surface area contributed by atoms with Gasteiger partial charge in [-0.15, -0.1) is 0 Å². The Labute approximate surface area is 133 Å². The van der Waals surface area contributed by atoms with Gasteiger partial charge in [0.05, 0.1) is 5.92 Å². The molecular formula is C16H17N3O4. The lowest BCUT2D eigenvalue weighted by molar-refractivity contribution is 0.0695. The molecule has 120 valence electrons. The molecule has 1 fully saturated rings. The minimum atomic E-state index is -0.00997. The number of nitrogens with zero attached hydrogens (tertiary/aromatic N) is 3. The molecule has 2 aliphatic heterocycles. The van der Waals surface area contributed by atoms with Gasteiger partial charge in [0.2, 0.25) is 12.7 Å². The number of ether oxygens (including phenoxy) is 2. The molecule has 2 aliphatic rings. The fraction of sp³-hybridized carbons (Fsp3) is 0.438. The number of aromatic nitrogens is 2. The van der Waals surface area contributed by atoms with E-state index in [0.29, 0.717) is 35.3 Å². The molecule has 0 aliphatic carbocycles. The highest BCUT2D eigenvalue weighted by atomic mass is 16.7. The zero-order valence-electron chi connectivity index (χ0n) is 12.8. The average Bonchev–Trinajstić information content (AvgIpc) is 3.22. The van der Waals surface area contributed by atoms with Crippen molar-refractivity contribution in [1.82, 2.24) is 15.0 Å². The molecule has 0 radical (unpaired) electrons. The first-order chi connectivity index (χ1) is 11.2. The fourth-order valence-corrected chi connectivity index (χ4v) is 3.05. The van der Waals surface area contributed by atoms with Crippen LogP contribution in [0.2, 0.25) is 0 Å². The lowest BCUT2D eigenvalue weighted by Crippen LogP contribution is -2.39. The monoisotopic (exact) mass is 315 g/mol. The largest absolute Gasteiger partial charge is 0.454 e. The van der Waals surface area contributed by atoms with Crippen molar-refractivity contribution < 1.29 is 18.8 Å². The number of hydrogen-bond acceptors (Lipinski definition) is 6. The Bertz CT molecular complexity index is 743. The Morgan fingerprint density at radius 1 is 1.30 bits per heavy atom. The van der Waals surface area contributed by atoms with Gasteiger partial charge < -0.3 is 18.9 Å².